The lowest BCUT2D eigenvalue weighted by Crippen LogP contribution is -2.36. The molecule has 3 rings (SSSR count). The second-order valence-electron chi connectivity index (χ2n) is 9.72. The Labute approximate surface area is 173 Å². The first kappa shape index (κ1) is 21.9. The van der Waals surface area contributed by atoms with Gasteiger partial charge in [-0.25, -0.2) is 0 Å². The molecule has 0 spiro atoms. The summed E-state index contributed by atoms with van der Waals surface area (Å²) in [6.45, 7) is 9.54. The normalized spacial score (nSPS) is 36.1. The highest BCUT2D eigenvalue weighted by atomic mass is 16.4. The summed E-state index contributed by atoms with van der Waals surface area (Å²) in [6.07, 6.45) is -0.107. The molecule has 0 amide bonds. The molecule has 4 atom stereocenters. The number of aliphatic carboxylic acids is 4. The van der Waals surface area contributed by atoms with Crippen molar-refractivity contribution < 1.29 is 39.6 Å². The Morgan fingerprint density at radius 3 is 1.23 bits per heavy atom. The monoisotopic (exact) mass is 421 g/mol. The summed E-state index contributed by atoms with van der Waals surface area (Å²) in [5, 5.41) is 42.6. The highest BCUT2D eigenvalue weighted by Crippen LogP contribution is 2.77. The van der Waals surface area contributed by atoms with Crippen LogP contribution in [0.3, 0.4) is 0 Å². The van der Waals surface area contributed by atoms with Crippen LogP contribution in [0.1, 0.15) is 48.0 Å². The molecular formula is C21H27NO8. The molecule has 164 valence electrons. The van der Waals surface area contributed by atoms with Crippen LogP contribution in [0, 0.1) is 33.5 Å². The molecule has 0 saturated heterocycles. The van der Waals surface area contributed by atoms with E-state index >= 15 is 0 Å². The van der Waals surface area contributed by atoms with Crippen LogP contribution in [0.15, 0.2) is 22.5 Å². The lowest BCUT2D eigenvalue weighted by Gasteiger charge is -2.33. The van der Waals surface area contributed by atoms with E-state index < -0.39 is 57.4 Å². The van der Waals surface area contributed by atoms with Crippen molar-refractivity contribution in [1.29, 1.82) is 0 Å². The Kier molecular flexibility index (Phi) is 4.27. The molecule has 2 fully saturated rings. The third-order valence-corrected chi connectivity index (χ3v) is 7.93. The van der Waals surface area contributed by atoms with Gasteiger partial charge in [0.1, 0.15) is 10.8 Å². The largest absolute Gasteiger partial charge is 0.481 e. The van der Waals surface area contributed by atoms with Crippen molar-refractivity contribution in [3.63, 3.8) is 0 Å². The standard InChI is InChI=1S/C21H27NO8/c1-8-10(20(16(27)28)12(14(23)24)18(20,3)4)7-11(9(2)22-8)21(17(29)30)13(15(25)26)19(21,5)6/h12-13,22H,7H2,1-6H3,(H,23,24)(H,25,26)(H,27,28)(H,29,30). The summed E-state index contributed by atoms with van der Waals surface area (Å²) >= 11 is 0. The Hall–Kier alpha value is -2.84. The van der Waals surface area contributed by atoms with Crippen LogP contribution in [-0.4, -0.2) is 44.3 Å². The van der Waals surface area contributed by atoms with Gasteiger partial charge in [-0.05, 0) is 31.4 Å². The summed E-state index contributed by atoms with van der Waals surface area (Å²) in [5.41, 5.74) is -4.11. The van der Waals surface area contributed by atoms with Gasteiger partial charge in [-0.15, -0.1) is 0 Å². The van der Waals surface area contributed by atoms with Crippen LogP contribution in [0.5, 0.6) is 0 Å². The van der Waals surface area contributed by atoms with E-state index in [9.17, 15) is 39.6 Å². The van der Waals surface area contributed by atoms with E-state index in [0.717, 1.165) is 0 Å². The van der Waals surface area contributed by atoms with E-state index in [1.807, 2.05) is 0 Å². The van der Waals surface area contributed by atoms with Crippen molar-refractivity contribution in [3.8, 4) is 0 Å². The van der Waals surface area contributed by atoms with Gasteiger partial charge < -0.3 is 25.7 Å². The fourth-order valence-corrected chi connectivity index (χ4v) is 6.44. The highest BCUT2D eigenvalue weighted by molar-refractivity contribution is 5.97. The lowest BCUT2D eigenvalue weighted by molar-refractivity contribution is -0.148. The fourth-order valence-electron chi connectivity index (χ4n) is 6.44. The van der Waals surface area contributed by atoms with E-state index in [2.05, 4.69) is 5.32 Å². The second kappa shape index (κ2) is 5.86. The zero-order valence-electron chi connectivity index (χ0n) is 17.8. The smallest absolute Gasteiger partial charge is 0.315 e. The minimum atomic E-state index is -1.71. The SMILES string of the molecule is CC1=C(C2(C(=O)O)C(C(=O)O)C2(C)C)CC(C2(C(=O)O)C(C(=O)O)C2(C)C)=C(C)N1. The number of allylic oxidation sites excluding steroid dienone is 2. The van der Waals surface area contributed by atoms with Crippen molar-refractivity contribution in [2.75, 3.05) is 0 Å². The molecule has 0 bridgehead atoms. The van der Waals surface area contributed by atoms with Crippen LogP contribution >= 0.6 is 0 Å². The number of carboxylic acid groups (broad SMARTS) is 4. The van der Waals surface area contributed by atoms with Gasteiger partial charge >= 0.3 is 23.9 Å². The number of hydrogen-bond acceptors (Lipinski definition) is 5. The van der Waals surface area contributed by atoms with E-state index in [1.54, 1.807) is 41.5 Å². The maximum atomic E-state index is 12.4. The first-order chi connectivity index (χ1) is 13.5. The second-order valence-corrected chi connectivity index (χ2v) is 9.72. The van der Waals surface area contributed by atoms with Crippen molar-refractivity contribution in [2.45, 2.75) is 48.0 Å². The Bertz CT molecular complexity index is 895. The molecule has 1 aliphatic heterocycles. The summed E-state index contributed by atoms with van der Waals surface area (Å²) in [5.74, 6) is -7.42. The third-order valence-electron chi connectivity index (χ3n) is 7.93. The first-order valence-electron chi connectivity index (χ1n) is 9.65. The fraction of sp³-hybridized carbons (Fsp3) is 0.619. The molecule has 9 heteroatoms. The molecule has 0 radical (unpaired) electrons. The molecule has 30 heavy (non-hydrogen) atoms. The number of carbonyl (C=O) groups is 4. The number of hydrogen-bond donors (Lipinski definition) is 5. The van der Waals surface area contributed by atoms with Crippen LogP contribution in [0.2, 0.25) is 0 Å². The van der Waals surface area contributed by atoms with Gasteiger partial charge in [0, 0.05) is 22.2 Å². The van der Waals surface area contributed by atoms with Crippen LogP contribution in [0.25, 0.3) is 0 Å². The van der Waals surface area contributed by atoms with Gasteiger partial charge in [-0.1, -0.05) is 27.7 Å². The highest BCUT2D eigenvalue weighted by Gasteiger charge is 2.84. The molecule has 0 aromatic heterocycles. The Balaban J connectivity index is 2.17. The zero-order valence-corrected chi connectivity index (χ0v) is 17.8. The van der Waals surface area contributed by atoms with Crippen LogP contribution < -0.4 is 5.32 Å². The number of nitrogens with one attached hydrogen (secondary N) is 1. The average molecular weight is 421 g/mol. The van der Waals surface area contributed by atoms with Gasteiger partial charge in [0.2, 0.25) is 0 Å². The number of carboxylic acids is 4. The van der Waals surface area contributed by atoms with Gasteiger partial charge in [-0.3, -0.25) is 19.2 Å². The van der Waals surface area contributed by atoms with Crippen molar-refractivity contribution in [2.24, 2.45) is 33.5 Å². The van der Waals surface area contributed by atoms with Crippen LogP contribution in [0.4, 0.5) is 0 Å². The minimum Gasteiger partial charge on any atom is -0.481 e. The summed E-state index contributed by atoms with van der Waals surface area (Å²) in [4.78, 5) is 48.5. The predicted molar refractivity (Wildman–Crippen MR) is 103 cm³/mol. The molecule has 9 nitrogen and oxygen atoms in total. The molecule has 3 aliphatic rings. The molecule has 0 aromatic rings. The summed E-state index contributed by atoms with van der Waals surface area (Å²) in [7, 11) is 0. The predicted octanol–water partition coefficient (Wildman–Crippen LogP) is 2.15. The third kappa shape index (κ3) is 2.12. The van der Waals surface area contributed by atoms with Crippen molar-refractivity contribution in [3.05, 3.63) is 22.5 Å². The van der Waals surface area contributed by atoms with Crippen molar-refractivity contribution in [1.82, 2.24) is 5.32 Å². The topological polar surface area (TPSA) is 161 Å². The number of rotatable bonds is 6. The zero-order chi connectivity index (χ0) is 23.2. The molecule has 1 heterocycles. The summed E-state index contributed by atoms with van der Waals surface area (Å²) in [6, 6.07) is 0. The molecule has 2 aliphatic carbocycles. The quantitative estimate of drug-likeness (QED) is 0.432. The van der Waals surface area contributed by atoms with E-state index in [4.69, 9.17) is 0 Å². The molecule has 5 N–H and O–H groups in total. The molecular weight excluding hydrogens is 394 g/mol. The molecule has 2 saturated carbocycles. The van der Waals surface area contributed by atoms with E-state index in [0.29, 0.717) is 22.5 Å². The van der Waals surface area contributed by atoms with E-state index in [1.165, 1.54) is 0 Å². The maximum Gasteiger partial charge on any atom is 0.315 e. The average Bonchev–Trinajstić information content (AvgIpc) is 3.30. The maximum absolute atomic E-state index is 12.4. The molecule has 4 unspecified atom stereocenters. The van der Waals surface area contributed by atoms with Gasteiger partial charge in [0.15, 0.2) is 0 Å². The van der Waals surface area contributed by atoms with Gasteiger partial charge in [0.05, 0.1) is 11.8 Å². The minimum absolute atomic E-state index is 0.107. The number of dihydropyridines is 1. The first-order valence-corrected chi connectivity index (χ1v) is 9.65. The van der Waals surface area contributed by atoms with Crippen molar-refractivity contribution >= 4 is 23.9 Å². The van der Waals surface area contributed by atoms with Gasteiger partial charge in [0.25, 0.3) is 0 Å². The van der Waals surface area contributed by atoms with Gasteiger partial charge in [-0.2, -0.15) is 0 Å². The molecule has 0 aromatic carbocycles. The Morgan fingerprint density at radius 1 is 0.733 bits per heavy atom. The summed E-state index contributed by atoms with van der Waals surface area (Å²) < 4.78 is 0. The van der Waals surface area contributed by atoms with Crippen LogP contribution in [-0.2, 0) is 19.2 Å². The van der Waals surface area contributed by atoms with E-state index in [-0.39, 0.29) is 6.42 Å². The Morgan fingerprint density at radius 2 is 1.03 bits per heavy atom. The lowest BCUT2D eigenvalue weighted by atomic mass is 9.74.